The minimum absolute atomic E-state index is 0.0470. The molecule has 0 amide bonds. The Bertz CT molecular complexity index is 955. The van der Waals surface area contributed by atoms with Crippen LogP contribution in [0.5, 0.6) is 0 Å². The fourth-order valence-electron chi connectivity index (χ4n) is 4.85. The lowest BCUT2D eigenvalue weighted by molar-refractivity contribution is -0.160. The minimum atomic E-state index is -1.54. The third-order valence-electron chi connectivity index (χ3n) is 7.59. The Morgan fingerprint density at radius 3 is 1.84 bits per heavy atom. The van der Waals surface area contributed by atoms with Gasteiger partial charge in [-0.3, -0.25) is 9.59 Å². The lowest BCUT2D eigenvalue weighted by Gasteiger charge is -2.26. The van der Waals surface area contributed by atoms with Gasteiger partial charge in [0.25, 0.3) is 0 Å². The second-order valence-corrected chi connectivity index (χ2v) is 11.4. The molecule has 43 heavy (non-hydrogen) atoms. The molecule has 10 nitrogen and oxygen atoms in total. The number of aliphatic hydroxyl groups excluding tert-OH is 6. The van der Waals surface area contributed by atoms with E-state index in [-0.39, 0.29) is 44.1 Å². The van der Waals surface area contributed by atoms with E-state index >= 15 is 0 Å². The predicted molar refractivity (Wildman–Crippen MR) is 164 cm³/mol. The van der Waals surface area contributed by atoms with Gasteiger partial charge in [0.05, 0.1) is 42.5 Å². The number of ether oxygens (including phenoxy) is 1. The van der Waals surface area contributed by atoms with Gasteiger partial charge in [-0.15, -0.1) is 0 Å². The number of allylic oxidation sites excluding steroid dienone is 8. The zero-order valence-electron chi connectivity index (χ0n) is 25.6. The summed E-state index contributed by atoms with van der Waals surface area (Å²) in [7, 11) is 0. The van der Waals surface area contributed by atoms with Gasteiger partial charge in [-0.25, -0.2) is 0 Å². The summed E-state index contributed by atoms with van der Waals surface area (Å²) in [5.74, 6) is -4.46. The molecule has 0 fully saturated rings. The summed E-state index contributed by atoms with van der Waals surface area (Å²) >= 11 is 0. The van der Waals surface area contributed by atoms with E-state index in [0.29, 0.717) is 12.8 Å². The maximum Gasteiger partial charge on any atom is 0.312 e. The Kier molecular flexibility index (Phi) is 18.9. The Morgan fingerprint density at radius 1 is 0.767 bits per heavy atom. The summed E-state index contributed by atoms with van der Waals surface area (Å²) in [6.45, 7) is 5.48. The van der Waals surface area contributed by atoms with Crippen LogP contribution in [-0.2, 0) is 14.3 Å². The summed E-state index contributed by atoms with van der Waals surface area (Å²) in [6.07, 6.45) is 11.0. The molecule has 244 valence electrons. The van der Waals surface area contributed by atoms with Crippen LogP contribution in [0.3, 0.4) is 0 Å². The zero-order valence-corrected chi connectivity index (χ0v) is 25.6. The third-order valence-corrected chi connectivity index (χ3v) is 7.59. The van der Waals surface area contributed by atoms with Crippen molar-refractivity contribution in [1.82, 2.24) is 0 Å². The molecule has 0 aromatic carbocycles. The lowest BCUT2D eigenvalue weighted by Crippen LogP contribution is -2.39. The van der Waals surface area contributed by atoms with Gasteiger partial charge in [0.15, 0.2) is 0 Å². The summed E-state index contributed by atoms with van der Waals surface area (Å²) in [5.41, 5.74) is 0. The van der Waals surface area contributed by atoms with E-state index < -0.39 is 60.4 Å². The molecule has 0 aliphatic carbocycles. The number of carboxylic acids is 1. The average Bonchev–Trinajstić information content (AvgIpc) is 2.92. The maximum absolute atomic E-state index is 12.8. The molecule has 1 aliphatic rings. The van der Waals surface area contributed by atoms with Crippen molar-refractivity contribution in [2.24, 2.45) is 17.8 Å². The van der Waals surface area contributed by atoms with Gasteiger partial charge in [-0.2, -0.15) is 0 Å². The molecule has 0 aromatic heterocycles. The molecule has 0 saturated heterocycles. The number of cyclic esters (lactones) is 1. The van der Waals surface area contributed by atoms with Crippen LogP contribution in [0.15, 0.2) is 60.8 Å². The molecule has 1 rings (SSSR count). The van der Waals surface area contributed by atoms with Crippen LogP contribution in [-0.4, -0.2) is 90.4 Å². The normalized spacial score (nSPS) is 35.1. The standard InChI is InChI=1S/C33H52O10/c1-4-14-30-22(2)15-11-9-7-5-6-8-10-12-18-27(37)31(32(40)41)29(39)20-25(35)17-13-16-24(34)19-26(36)21-28(38)23(3)33(42)43-30/h5-12,15,18,22-31,34-39H,4,13-14,16-17,19-21H2,1-3H3,(H,40,41). The van der Waals surface area contributed by atoms with Crippen molar-refractivity contribution in [2.75, 3.05) is 0 Å². The number of aliphatic carboxylic acids is 1. The van der Waals surface area contributed by atoms with Crippen molar-refractivity contribution >= 4 is 11.9 Å². The lowest BCUT2D eigenvalue weighted by atomic mass is 9.90. The quantitative estimate of drug-likeness (QED) is 0.235. The molecule has 1 aliphatic heterocycles. The van der Waals surface area contributed by atoms with Gasteiger partial charge < -0.3 is 40.5 Å². The zero-order chi connectivity index (χ0) is 32.4. The van der Waals surface area contributed by atoms with Gasteiger partial charge in [-0.05, 0) is 39.0 Å². The number of carbonyl (C=O) groups excluding carboxylic acids is 1. The largest absolute Gasteiger partial charge is 0.481 e. The van der Waals surface area contributed by atoms with Gasteiger partial charge in [0, 0.05) is 18.8 Å². The molecule has 0 spiro atoms. The van der Waals surface area contributed by atoms with Gasteiger partial charge in [-0.1, -0.05) is 81.0 Å². The average molecular weight is 609 g/mol. The molecule has 10 heteroatoms. The van der Waals surface area contributed by atoms with Crippen LogP contribution < -0.4 is 0 Å². The van der Waals surface area contributed by atoms with E-state index in [9.17, 15) is 45.3 Å². The number of carbonyl (C=O) groups is 2. The summed E-state index contributed by atoms with van der Waals surface area (Å²) in [5, 5.41) is 71.9. The number of hydrogen-bond acceptors (Lipinski definition) is 9. The van der Waals surface area contributed by atoms with Crippen LogP contribution in [0.2, 0.25) is 0 Å². The molecular weight excluding hydrogens is 556 g/mol. The topological polar surface area (TPSA) is 185 Å². The van der Waals surface area contributed by atoms with Crippen LogP contribution >= 0.6 is 0 Å². The van der Waals surface area contributed by atoms with Crippen molar-refractivity contribution in [1.29, 1.82) is 0 Å². The van der Waals surface area contributed by atoms with Crippen molar-refractivity contribution in [2.45, 2.75) is 115 Å². The Morgan fingerprint density at radius 2 is 1.28 bits per heavy atom. The van der Waals surface area contributed by atoms with Gasteiger partial charge in [0.2, 0.25) is 0 Å². The Balaban J connectivity index is 3.06. The highest BCUT2D eigenvalue weighted by molar-refractivity contribution is 5.73. The monoisotopic (exact) mass is 608 g/mol. The van der Waals surface area contributed by atoms with E-state index in [1.165, 1.54) is 12.2 Å². The highest BCUT2D eigenvalue weighted by Crippen LogP contribution is 2.22. The highest BCUT2D eigenvalue weighted by atomic mass is 16.5. The van der Waals surface area contributed by atoms with Gasteiger partial charge >= 0.3 is 11.9 Å². The first-order valence-electron chi connectivity index (χ1n) is 15.2. The molecule has 7 N–H and O–H groups in total. The summed E-state index contributed by atoms with van der Waals surface area (Å²) in [4.78, 5) is 24.5. The van der Waals surface area contributed by atoms with E-state index in [0.717, 1.165) is 6.42 Å². The smallest absolute Gasteiger partial charge is 0.312 e. The van der Waals surface area contributed by atoms with Crippen LogP contribution in [0.1, 0.15) is 72.1 Å². The van der Waals surface area contributed by atoms with Crippen molar-refractivity contribution in [3.8, 4) is 0 Å². The molecule has 10 unspecified atom stereocenters. The third kappa shape index (κ3) is 15.6. The maximum atomic E-state index is 12.8. The molecule has 0 bridgehead atoms. The van der Waals surface area contributed by atoms with E-state index in [1.807, 2.05) is 32.1 Å². The fraction of sp³-hybridized carbons (Fsp3) is 0.636. The fourth-order valence-corrected chi connectivity index (χ4v) is 4.85. The van der Waals surface area contributed by atoms with Crippen molar-refractivity contribution in [3.63, 3.8) is 0 Å². The number of carboxylic acid groups (broad SMARTS) is 1. The van der Waals surface area contributed by atoms with Crippen molar-refractivity contribution in [3.05, 3.63) is 60.8 Å². The van der Waals surface area contributed by atoms with E-state index in [1.54, 1.807) is 37.3 Å². The number of esters is 1. The number of rotatable bonds is 3. The van der Waals surface area contributed by atoms with Gasteiger partial charge in [0.1, 0.15) is 12.0 Å². The first kappa shape index (κ1) is 38.4. The summed E-state index contributed by atoms with van der Waals surface area (Å²) in [6, 6.07) is 0. The first-order valence-corrected chi connectivity index (χ1v) is 15.2. The number of hydrogen-bond donors (Lipinski definition) is 7. The minimum Gasteiger partial charge on any atom is -0.481 e. The molecule has 10 atom stereocenters. The highest BCUT2D eigenvalue weighted by Gasteiger charge is 2.34. The van der Waals surface area contributed by atoms with E-state index in [4.69, 9.17) is 4.74 Å². The second-order valence-electron chi connectivity index (χ2n) is 11.4. The SMILES string of the molecule is CCCC1OC(=O)C(C)C(O)CC(O)CC(O)CCCC(O)CC(O)C(C(=O)O)C(O)C=CC=CC=CC=CC=CC1C. The van der Waals surface area contributed by atoms with Crippen molar-refractivity contribution < 1.29 is 50.1 Å². The first-order chi connectivity index (χ1) is 20.4. The number of aliphatic hydroxyl groups is 6. The Labute approximate surface area is 255 Å². The Hall–Kier alpha value is -2.60. The molecule has 0 radical (unpaired) electrons. The molecule has 0 aromatic rings. The molecule has 0 saturated carbocycles. The van der Waals surface area contributed by atoms with E-state index in [2.05, 4.69) is 0 Å². The van der Waals surface area contributed by atoms with Crippen LogP contribution in [0.4, 0.5) is 0 Å². The molecule has 1 heterocycles. The predicted octanol–water partition coefficient (Wildman–Crippen LogP) is 2.97. The van der Waals surface area contributed by atoms with Crippen LogP contribution in [0, 0.1) is 17.8 Å². The second kappa shape index (κ2) is 21.2. The van der Waals surface area contributed by atoms with Crippen LogP contribution in [0.25, 0.3) is 0 Å². The molecular formula is C33H52O10. The summed E-state index contributed by atoms with van der Waals surface area (Å²) < 4.78 is 5.74.